The second-order valence-corrected chi connectivity index (χ2v) is 6.15. The van der Waals surface area contributed by atoms with Crippen LogP contribution in [0, 0.1) is 6.92 Å². The number of hydrogen-bond donors (Lipinski definition) is 3. The molecule has 1 heterocycles. The van der Waals surface area contributed by atoms with Crippen molar-refractivity contribution in [3.8, 4) is 5.75 Å². The van der Waals surface area contributed by atoms with Gasteiger partial charge in [-0.2, -0.15) is 0 Å². The standard InChI is InChI=1S/C19H22N2O3/c1-12-3-5-14(6-4-12)17(22)10-20-13(2)15-7-8-18-16(9-15)21-19(23)11-24-18/h3-9,13,17,20,22H,10-11H2,1-2H3,(H,21,23). The summed E-state index contributed by atoms with van der Waals surface area (Å²) in [7, 11) is 0. The summed E-state index contributed by atoms with van der Waals surface area (Å²) in [6.07, 6.45) is -0.561. The van der Waals surface area contributed by atoms with Gasteiger partial charge in [0.2, 0.25) is 0 Å². The van der Waals surface area contributed by atoms with Crippen molar-refractivity contribution < 1.29 is 14.6 Å². The molecule has 0 aromatic heterocycles. The fourth-order valence-electron chi connectivity index (χ4n) is 2.68. The maximum absolute atomic E-state index is 11.4. The Morgan fingerprint density at radius 2 is 1.92 bits per heavy atom. The zero-order valence-corrected chi connectivity index (χ0v) is 13.9. The normalized spacial score (nSPS) is 15.9. The average molecular weight is 326 g/mol. The molecule has 0 fully saturated rings. The van der Waals surface area contributed by atoms with Crippen molar-refractivity contribution in [1.29, 1.82) is 0 Å². The number of aliphatic hydroxyl groups excluding tert-OH is 1. The summed E-state index contributed by atoms with van der Waals surface area (Å²) in [5, 5.41) is 16.4. The summed E-state index contributed by atoms with van der Waals surface area (Å²) in [6, 6.07) is 13.6. The van der Waals surface area contributed by atoms with Gasteiger partial charge in [0.25, 0.3) is 5.91 Å². The van der Waals surface area contributed by atoms with Crippen molar-refractivity contribution in [3.63, 3.8) is 0 Å². The highest BCUT2D eigenvalue weighted by atomic mass is 16.5. The lowest BCUT2D eigenvalue weighted by molar-refractivity contribution is -0.118. The van der Waals surface area contributed by atoms with Crippen LogP contribution >= 0.6 is 0 Å². The minimum absolute atomic E-state index is 0.0363. The molecule has 0 saturated carbocycles. The van der Waals surface area contributed by atoms with Crippen molar-refractivity contribution in [1.82, 2.24) is 5.32 Å². The van der Waals surface area contributed by atoms with Crippen LogP contribution in [-0.4, -0.2) is 24.2 Å². The second kappa shape index (κ2) is 7.03. The molecule has 5 heteroatoms. The van der Waals surface area contributed by atoms with Crippen LogP contribution in [-0.2, 0) is 4.79 Å². The van der Waals surface area contributed by atoms with Gasteiger partial charge in [0.1, 0.15) is 5.75 Å². The maximum Gasteiger partial charge on any atom is 0.262 e. The molecule has 1 amide bonds. The smallest absolute Gasteiger partial charge is 0.262 e. The first-order valence-corrected chi connectivity index (χ1v) is 8.07. The van der Waals surface area contributed by atoms with Gasteiger partial charge < -0.3 is 20.5 Å². The van der Waals surface area contributed by atoms with Crippen LogP contribution in [0.5, 0.6) is 5.75 Å². The van der Waals surface area contributed by atoms with Gasteiger partial charge in [0.15, 0.2) is 6.61 Å². The molecule has 2 aromatic carbocycles. The first-order valence-electron chi connectivity index (χ1n) is 8.07. The van der Waals surface area contributed by atoms with Gasteiger partial charge in [-0.25, -0.2) is 0 Å². The lowest BCUT2D eigenvalue weighted by atomic mass is 10.0. The number of fused-ring (bicyclic) bond motifs is 1. The Hall–Kier alpha value is -2.37. The molecule has 2 unspecified atom stereocenters. The Bertz CT molecular complexity index is 728. The van der Waals surface area contributed by atoms with Gasteiger partial charge in [-0.05, 0) is 37.1 Å². The third kappa shape index (κ3) is 3.75. The Balaban J connectivity index is 1.62. The average Bonchev–Trinajstić information content (AvgIpc) is 2.59. The number of anilines is 1. The van der Waals surface area contributed by atoms with E-state index in [-0.39, 0.29) is 18.6 Å². The van der Waals surface area contributed by atoms with Crippen LogP contribution in [0.25, 0.3) is 0 Å². The van der Waals surface area contributed by atoms with Crippen LogP contribution in [0.4, 0.5) is 5.69 Å². The highest BCUT2D eigenvalue weighted by Gasteiger charge is 2.18. The van der Waals surface area contributed by atoms with Gasteiger partial charge in [0, 0.05) is 12.6 Å². The molecule has 3 rings (SSSR count). The predicted octanol–water partition coefficient (Wildman–Crippen LogP) is 2.71. The molecular formula is C19H22N2O3. The van der Waals surface area contributed by atoms with Crippen molar-refractivity contribution in [2.45, 2.75) is 26.0 Å². The number of amides is 1. The topological polar surface area (TPSA) is 70.6 Å². The molecule has 5 nitrogen and oxygen atoms in total. The largest absolute Gasteiger partial charge is 0.482 e. The highest BCUT2D eigenvalue weighted by molar-refractivity contribution is 5.95. The molecule has 0 radical (unpaired) electrons. The first-order chi connectivity index (χ1) is 11.5. The van der Waals surface area contributed by atoms with E-state index < -0.39 is 6.10 Å². The second-order valence-electron chi connectivity index (χ2n) is 6.15. The fraction of sp³-hybridized carbons (Fsp3) is 0.316. The fourth-order valence-corrected chi connectivity index (χ4v) is 2.68. The maximum atomic E-state index is 11.4. The van der Waals surface area contributed by atoms with Crippen molar-refractivity contribution in [3.05, 3.63) is 59.2 Å². The van der Waals surface area contributed by atoms with E-state index in [1.54, 1.807) is 0 Å². The van der Waals surface area contributed by atoms with E-state index >= 15 is 0 Å². The number of hydrogen-bond acceptors (Lipinski definition) is 4. The number of carbonyl (C=O) groups is 1. The molecule has 0 bridgehead atoms. The molecule has 0 saturated heterocycles. The minimum Gasteiger partial charge on any atom is -0.482 e. The summed E-state index contributed by atoms with van der Waals surface area (Å²) in [5.74, 6) is 0.542. The number of aliphatic hydroxyl groups is 1. The Morgan fingerprint density at radius 1 is 1.21 bits per heavy atom. The Labute approximate surface area is 141 Å². The Kier molecular flexibility index (Phi) is 4.83. The predicted molar refractivity (Wildman–Crippen MR) is 93.1 cm³/mol. The van der Waals surface area contributed by atoms with Crippen molar-refractivity contribution in [2.24, 2.45) is 0 Å². The van der Waals surface area contributed by atoms with Crippen LogP contribution < -0.4 is 15.4 Å². The summed E-state index contributed by atoms with van der Waals surface area (Å²) < 4.78 is 5.36. The number of ether oxygens (including phenoxy) is 1. The SMILES string of the molecule is Cc1ccc(C(O)CNC(C)c2ccc3c(c2)NC(=O)CO3)cc1. The molecular weight excluding hydrogens is 304 g/mol. The zero-order valence-electron chi connectivity index (χ0n) is 13.9. The molecule has 2 aromatic rings. The lowest BCUT2D eigenvalue weighted by Gasteiger charge is -2.22. The first kappa shape index (κ1) is 16.5. The zero-order chi connectivity index (χ0) is 17.1. The van der Waals surface area contributed by atoms with Gasteiger partial charge in [0.05, 0.1) is 11.8 Å². The van der Waals surface area contributed by atoms with E-state index in [1.165, 1.54) is 5.56 Å². The number of nitrogens with one attached hydrogen (secondary N) is 2. The lowest BCUT2D eigenvalue weighted by Crippen LogP contribution is -2.27. The van der Waals surface area contributed by atoms with E-state index in [0.717, 1.165) is 11.1 Å². The minimum atomic E-state index is -0.561. The number of carbonyl (C=O) groups excluding carboxylic acids is 1. The van der Waals surface area contributed by atoms with Crippen LogP contribution in [0.1, 0.15) is 35.8 Å². The quantitative estimate of drug-likeness (QED) is 0.790. The third-order valence-electron chi connectivity index (χ3n) is 4.22. The third-order valence-corrected chi connectivity index (χ3v) is 4.22. The summed E-state index contributed by atoms with van der Waals surface area (Å²) in [4.78, 5) is 11.4. The van der Waals surface area contributed by atoms with E-state index in [4.69, 9.17) is 4.74 Å². The summed E-state index contributed by atoms with van der Waals surface area (Å²) >= 11 is 0. The molecule has 0 spiro atoms. The monoisotopic (exact) mass is 326 g/mol. The molecule has 1 aliphatic heterocycles. The van der Waals surface area contributed by atoms with E-state index in [9.17, 15) is 9.90 Å². The van der Waals surface area contributed by atoms with Crippen molar-refractivity contribution in [2.75, 3.05) is 18.5 Å². The number of rotatable bonds is 5. The summed E-state index contributed by atoms with van der Waals surface area (Å²) in [6.45, 7) is 4.55. The van der Waals surface area contributed by atoms with Crippen LogP contribution in [0.15, 0.2) is 42.5 Å². The highest BCUT2D eigenvalue weighted by Crippen LogP contribution is 2.30. The van der Waals surface area contributed by atoms with Gasteiger partial charge in [-0.1, -0.05) is 35.9 Å². The Morgan fingerprint density at radius 3 is 2.67 bits per heavy atom. The molecule has 3 N–H and O–H groups in total. The number of aryl methyl sites for hydroxylation is 1. The van der Waals surface area contributed by atoms with Crippen molar-refractivity contribution >= 4 is 11.6 Å². The van der Waals surface area contributed by atoms with Gasteiger partial charge in [-0.3, -0.25) is 4.79 Å². The molecule has 0 aliphatic carbocycles. The molecule has 24 heavy (non-hydrogen) atoms. The van der Waals surface area contributed by atoms with Crippen LogP contribution in [0.3, 0.4) is 0 Å². The van der Waals surface area contributed by atoms with Gasteiger partial charge >= 0.3 is 0 Å². The van der Waals surface area contributed by atoms with E-state index in [1.807, 2.05) is 56.3 Å². The molecule has 1 aliphatic rings. The van der Waals surface area contributed by atoms with Gasteiger partial charge in [-0.15, -0.1) is 0 Å². The molecule has 126 valence electrons. The number of benzene rings is 2. The van der Waals surface area contributed by atoms with E-state index in [0.29, 0.717) is 18.0 Å². The summed E-state index contributed by atoms with van der Waals surface area (Å²) in [5.41, 5.74) is 3.78. The van der Waals surface area contributed by atoms with Crippen LogP contribution in [0.2, 0.25) is 0 Å². The molecule has 2 atom stereocenters. The van der Waals surface area contributed by atoms with E-state index in [2.05, 4.69) is 10.6 Å².